The van der Waals surface area contributed by atoms with Gasteiger partial charge in [0, 0.05) is 6.07 Å². The van der Waals surface area contributed by atoms with Crippen molar-refractivity contribution in [1.82, 2.24) is 9.55 Å². The van der Waals surface area contributed by atoms with Gasteiger partial charge in [-0.05, 0) is 23.6 Å². The summed E-state index contributed by atoms with van der Waals surface area (Å²) in [6, 6.07) is 11.0. The summed E-state index contributed by atoms with van der Waals surface area (Å²) < 4.78 is 15.5. The molecule has 0 fully saturated rings. The van der Waals surface area contributed by atoms with Gasteiger partial charge in [-0.1, -0.05) is 42.8 Å². The first-order chi connectivity index (χ1) is 10.1. The van der Waals surface area contributed by atoms with Gasteiger partial charge in [-0.3, -0.25) is 0 Å². The molecule has 2 aromatic carbocycles. The standard InChI is InChI=1S/C16H15ClFN3/c1-2-10-5-3-4-6-11(10)9-21-15-8-13(18)12(17)7-14(15)20-16(21)19/h3-8H,2,9H2,1H3,(H2,19,20). The van der Waals surface area contributed by atoms with E-state index in [4.69, 9.17) is 17.3 Å². The molecule has 0 saturated carbocycles. The van der Waals surface area contributed by atoms with E-state index in [1.54, 1.807) is 0 Å². The van der Waals surface area contributed by atoms with E-state index in [2.05, 4.69) is 24.0 Å². The van der Waals surface area contributed by atoms with Crippen molar-refractivity contribution >= 4 is 28.6 Å². The molecule has 0 radical (unpaired) electrons. The van der Waals surface area contributed by atoms with Crippen molar-refractivity contribution in [2.45, 2.75) is 19.9 Å². The maximum absolute atomic E-state index is 13.7. The molecule has 0 atom stereocenters. The summed E-state index contributed by atoms with van der Waals surface area (Å²) in [5.74, 6) is -0.105. The average molecular weight is 304 g/mol. The largest absolute Gasteiger partial charge is 0.369 e. The number of nitrogen functional groups attached to an aromatic ring is 1. The second kappa shape index (κ2) is 5.37. The maximum Gasteiger partial charge on any atom is 0.201 e. The molecule has 108 valence electrons. The van der Waals surface area contributed by atoms with Gasteiger partial charge in [-0.15, -0.1) is 0 Å². The number of anilines is 1. The predicted molar refractivity (Wildman–Crippen MR) is 84.0 cm³/mol. The van der Waals surface area contributed by atoms with Crippen LogP contribution >= 0.6 is 11.6 Å². The summed E-state index contributed by atoms with van der Waals surface area (Å²) in [6.07, 6.45) is 0.933. The van der Waals surface area contributed by atoms with Gasteiger partial charge in [-0.2, -0.15) is 0 Å². The Kier molecular flexibility index (Phi) is 3.55. The zero-order valence-corrected chi connectivity index (χ0v) is 12.4. The molecule has 0 saturated heterocycles. The first-order valence-corrected chi connectivity index (χ1v) is 7.15. The van der Waals surface area contributed by atoms with E-state index in [0.717, 1.165) is 12.0 Å². The second-order valence-electron chi connectivity index (χ2n) is 4.93. The Morgan fingerprint density at radius 2 is 1.95 bits per heavy atom. The monoisotopic (exact) mass is 303 g/mol. The van der Waals surface area contributed by atoms with Gasteiger partial charge in [0.25, 0.3) is 0 Å². The van der Waals surface area contributed by atoms with Crippen molar-refractivity contribution in [3.05, 3.63) is 58.4 Å². The topological polar surface area (TPSA) is 43.8 Å². The first-order valence-electron chi connectivity index (χ1n) is 6.77. The highest BCUT2D eigenvalue weighted by atomic mass is 35.5. The minimum Gasteiger partial charge on any atom is -0.369 e. The molecule has 0 spiro atoms. The van der Waals surface area contributed by atoms with Gasteiger partial charge < -0.3 is 10.3 Å². The summed E-state index contributed by atoms with van der Waals surface area (Å²) in [5.41, 5.74) is 9.63. The molecular weight excluding hydrogens is 289 g/mol. The number of nitrogens with zero attached hydrogens (tertiary/aromatic N) is 2. The van der Waals surface area contributed by atoms with Gasteiger partial charge in [0.1, 0.15) is 5.82 Å². The number of halogens is 2. The van der Waals surface area contributed by atoms with E-state index in [-0.39, 0.29) is 5.02 Å². The van der Waals surface area contributed by atoms with Gasteiger partial charge in [0.2, 0.25) is 5.95 Å². The van der Waals surface area contributed by atoms with Crippen molar-refractivity contribution in [1.29, 1.82) is 0 Å². The molecule has 1 heterocycles. The van der Waals surface area contributed by atoms with Crippen molar-refractivity contribution < 1.29 is 4.39 Å². The van der Waals surface area contributed by atoms with Crippen LogP contribution in [0.25, 0.3) is 11.0 Å². The number of hydrogen-bond acceptors (Lipinski definition) is 2. The van der Waals surface area contributed by atoms with Crippen LogP contribution in [0.4, 0.5) is 10.3 Å². The van der Waals surface area contributed by atoms with Gasteiger partial charge in [0.15, 0.2) is 0 Å². The molecule has 3 nitrogen and oxygen atoms in total. The summed E-state index contributed by atoms with van der Waals surface area (Å²) in [6.45, 7) is 2.67. The highest BCUT2D eigenvalue weighted by Gasteiger charge is 2.13. The molecule has 21 heavy (non-hydrogen) atoms. The fourth-order valence-electron chi connectivity index (χ4n) is 2.53. The van der Waals surface area contributed by atoms with Crippen LogP contribution in [0.15, 0.2) is 36.4 Å². The highest BCUT2D eigenvalue weighted by Crippen LogP contribution is 2.26. The van der Waals surface area contributed by atoms with Crippen LogP contribution in [0, 0.1) is 5.82 Å². The fraction of sp³-hybridized carbons (Fsp3) is 0.188. The van der Waals surface area contributed by atoms with Crippen molar-refractivity contribution in [2.75, 3.05) is 5.73 Å². The van der Waals surface area contributed by atoms with Crippen LogP contribution in [-0.4, -0.2) is 9.55 Å². The molecule has 3 rings (SSSR count). The van der Waals surface area contributed by atoms with E-state index in [1.807, 2.05) is 16.7 Å². The van der Waals surface area contributed by atoms with E-state index in [1.165, 1.54) is 17.7 Å². The molecule has 3 aromatic rings. The summed E-state index contributed by atoms with van der Waals surface area (Å²) >= 11 is 5.79. The Labute approximate surface area is 127 Å². The van der Waals surface area contributed by atoms with Crippen LogP contribution in [0.1, 0.15) is 18.1 Å². The quantitative estimate of drug-likeness (QED) is 0.794. The number of benzene rings is 2. The number of hydrogen-bond donors (Lipinski definition) is 1. The molecule has 0 bridgehead atoms. The summed E-state index contributed by atoms with van der Waals surface area (Å²) in [7, 11) is 0. The lowest BCUT2D eigenvalue weighted by Crippen LogP contribution is -2.06. The molecule has 0 aliphatic heterocycles. The number of fused-ring (bicyclic) bond motifs is 1. The number of aryl methyl sites for hydroxylation is 1. The smallest absolute Gasteiger partial charge is 0.201 e. The van der Waals surface area contributed by atoms with Crippen molar-refractivity contribution in [2.24, 2.45) is 0 Å². The molecule has 0 aliphatic carbocycles. The lowest BCUT2D eigenvalue weighted by molar-refractivity contribution is 0.629. The van der Waals surface area contributed by atoms with Gasteiger partial charge >= 0.3 is 0 Å². The maximum atomic E-state index is 13.7. The van der Waals surface area contributed by atoms with E-state index < -0.39 is 5.82 Å². The second-order valence-corrected chi connectivity index (χ2v) is 5.34. The normalized spacial score (nSPS) is 11.2. The van der Waals surface area contributed by atoms with E-state index >= 15 is 0 Å². The van der Waals surface area contributed by atoms with Gasteiger partial charge in [-0.25, -0.2) is 9.37 Å². The highest BCUT2D eigenvalue weighted by molar-refractivity contribution is 6.31. The third kappa shape index (κ3) is 2.47. The molecule has 0 unspecified atom stereocenters. The SMILES string of the molecule is CCc1ccccc1Cn1c(N)nc2cc(Cl)c(F)cc21. The average Bonchev–Trinajstić information content (AvgIpc) is 2.76. The number of imidazole rings is 1. The molecule has 2 N–H and O–H groups in total. The van der Waals surface area contributed by atoms with Crippen LogP contribution < -0.4 is 5.73 Å². The Bertz CT molecular complexity index is 811. The summed E-state index contributed by atoms with van der Waals surface area (Å²) in [4.78, 5) is 4.26. The molecule has 5 heteroatoms. The Morgan fingerprint density at radius 3 is 2.67 bits per heavy atom. The van der Waals surface area contributed by atoms with Gasteiger partial charge in [0.05, 0.1) is 22.6 Å². The van der Waals surface area contributed by atoms with Crippen LogP contribution in [0.2, 0.25) is 5.02 Å². The third-order valence-electron chi connectivity index (χ3n) is 3.65. The van der Waals surface area contributed by atoms with E-state index in [9.17, 15) is 4.39 Å². The van der Waals surface area contributed by atoms with Crippen LogP contribution in [0.3, 0.4) is 0 Å². The Hall–Kier alpha value is -2.07. The molecule has 0 aliphatic rings. The third-order valence-corrected chi connectivity index (χ3v) is 3.94. The minimum absolute atomic E-state index is 0.0566. The lowest BCUT2D eigenvalue weighted by Gasteiger charge is -2.10. The lowest BCUT2D eigenvalue weighted by atomic mass is 10.1. The predicted octanol–water partition coefficient (Wildman–Crippen LogP) is 4.02. The van der Waals surface area contributed by atoms with Crippen molar-refractivity contribution in [3.63, 3.8) is 0 Å². The number of nitrogens with two attached hydrogens (primary N) is 1. The number of rotatable bonds is 3. The number of aromatic nitrogens is 2. The van der Waals surface area contributed by atoms with E-state index in [0.29, 0.717) is 23.5 Å². The minimum atomic E-state index is -0.464. The summed E-state index contributed by atoms with van der Waals surface area (Å²) in [5, 5.41) is 0.0566. The Balaban J connectivity index is 2.12. The van der Waals surface area contributed by atoms with Crippen LogP contribution in [0.5, 0.6) is 0 Å². The Morgan fingerprint density at radius 1 is 1.24 bits per heavy atom. The molecular formula is C16H15ClFN3. The van der Waals surface area contributed by atoms with Crippen LogP contribution in [-0.2, 0) is 13.0 Å². The molecule has 1 aromatic heterocycles. The zero-order valence-electron chi connectivity index (χ0n) is 11.6. The van der Waals surface area contributed by atoms with Crippen molar-refractivity contribution in [3.8, 4) is 0 Å². The molecule has 0 amide bonds. The first kappa shape index (κ1) is 13.9. The fourth-order valence-corrected chi connectivity index (χ4v) is 2.69. The zero-order chi connectivity index (χ0) is 15.0.